The molecular formula is C20H20N4O3S. The van der Waals surface area contributed by atoms with E-state index in [9.17, 15) is 9.59 Å². The van der Waals surface area contributed by atoms with Gasteiger partial charge in [-0.25, -0.2) is 9.78 Å². The molecule has 144 valence electrons. The van der Waals surface area contributed by atoms with Crippen molar-refractivity contribution in [3.63, 3.8) is 0 Å². The van der Waals surface area contributed by atoms with Crippen LogP contribution in [0.5, 0.6) is 0 Å². The van der Waals surface area contributed by atoms with Crippen molar-refractivity contribution >= 4 is 39.9 Å². The Kier molecular flexibility index (Phi) is 6.00. The highest BCUT2D eigenvalue weighted by Gasteiger charge is 2.20. The van der Waals surface area contributed by atoms with Gasteiger partial charge < -0.3 is 15.4 Å². The molecule has 1 aromatic carbocycles. The molecule has 0 saturated carbocycles. The molecule has 0 aliphatic rings. The minimum absolute atomic E-state index is 0.251. The number of esters is 1. The molecule has 0 atom stereocenters. The van der Waals surface area contributed by atoms with Gasteiger partial charge in [0, 0.05) is 11.9 Å². The molecule has 0 bridgehead atoms. The van der Waals surface area contributed by atoms with Crippen molar-refractivity contribution in [2.24, 2.45) is 0 Å². The van der Waals surface area contributed by atoms with Crippen molar-refractivity contribution in [2.75, 3.05) is 17.7 Å². The zero-order valence-electron chi connectivity index (χ0n) is 15.8. The summed E-state index contributed by atoms with van der Waals surface area (Å²) in [6.07, 6.45) is 2.31. The Balaban J connectivity index is 1.86. The molecule has 2 heterocycles. The Morgan fingerprint density at radius 2 is 2.00 bits per heavy atom. The summed E-state index contributed by atoms with van der Waals surface area (Å²) in [4.78, 5) is 28.8. The van der Waals surface area contributed by atoms with E-state index < -0.39 is 5.97 Å². The number of hydrogen-bond donors (Lipinski definition) is 2. The summed E-state index contributed by atoms with van der Waals surface area (Å²) in [5, 5.41) is 6.60. The fraction of sp³-hybridized carbons (Fsp3) is 0.200. The maximum absolute atomic E-state index is 12.9. The standard InChI is InChI=1S/C20H20N4O3S/c1-4-13-7-5-6-8-15(13)22-18(25)17-12(2)24-28-19(17)23-16-11-14(9-10-21-16)20(26)27-3/h5-11H,4H2,1-3H3,(H,21,23)(H,22,25). The lowest BCUT2D eigenvalue weighted by Crippen LogP contribution is -2.15. The molecule has 0 saturated heterocycles. The average Bonchev–Trinajstić information content (AvgIpc) is 3.08. The van der Waals surface area contributed by atoms with Gasteiger partial charge in [0.05, 0.1) is 23.9 Å². The van der Waals surface area contributed by atoms with Crippen LogP contribution in [0.1, 0.15) is 38.9 Å². The molecule has 0 aliphatic heterocycles. The van der Waals surface area contributed by atoms with E-state index in [0.29, 0.717) is 27.6 Å². The van der Waals surface area contributed by atoms with E-state index in [0.717, 1.165) is 29.2 Å². The molecule has 0 aliphatic carbocycles. The van der Waals surface area contributed by atoms with Gasteiger partial charge in [-0.3, -0.25) is 4.79 Å². The molecule has 7 nitrogen and oxygen atoms in total. The summed E-state index contributed by atoms with van der Waals surface area (Å²) < 4.78 is 9.02. The number of anilines is 3. The highest BCUT2D eigenvalue weighted by molar-refractivity contribution is 7.10. The maximum atomic E-state index is 12.9. The van der Waals surface area contributed by atoms with Crippen LogP contribution in [0.4, 0.5) is 16.5 Å². The molecule has 3 aromatic rings. The van der Waals surface area contributed by atoms with Crippen LogP contribution in [0, 0.1) is 6.92 Å². The molecule has 0 unspecified atom stereocenters. The van der Waals surface area contributed by atoms with Gasteiger partial charge in [0.2, 0.25) is 0 Å². The number of nitrogens with one attached hydrogen (secondary N) is 2. The molecule has 2 N–H and O–H groups in total. The Bertz CT molecular complexity index is 1020. The number of aryl methyl sites for hydroxylation is 2. The van der Waals surface area contributed by atoms with Gasteiger partial charge in [-0.15, -0.1) is 0 Å². The number of pyridine rings is 1. The van der Waals surface area contributed by atoms with Crippen molar-refractivity contribution in [3.8, 4) is 0 Å². The predicted molar refractivity (Wildman–Crippen MR) is 109 cm³/mol. The summed E-state index contributed by atoms with van der Waals surface area (Å²) in [6.45, 7) is 3.82. The van der Waals surface area contributed by atoms with Crippen LogP contribution in [-0.4, -0.2) is 28.3 Å². The first-order valence-corrected chi connectivity index (χ1v) is 9.47. The van der Waals surface area contributed by atoms with E-state index in [-0.39, 0.29) is 5.91 Å². The molecular weight excluding hydrogens is 376 g/mol. The second kappa shape index (κ2) is 8.62. The normalized spacial score (nSPS) is 10.4. The van der Waals surface area contributed by atoms with E-state index in [4.69, 9.17) is 4.74 Å². The van der Waals surface area contributed by atoms with Gasteiger partial charge in [-0.2, -0.15) is 4.37 Å². The van der Waals surface area contributed by atoms with E-state index >= 15 is 0 Å². The Morgan fingerprint density at radius 1 is 1.21 bits per heavy atom. The smallest absolute Gasteiger partial charge is 0.338 e. The SMILES string of the molecule is CCc1ccccc1NC(=O)c1c(C)nsc1Nc1cc(C(=O)OC)ccn1. The van der Waals surface area contributed by atoms with Gasteiger partial charge in [-0.05, 0) is 48.6 Å². The van der Waals surface area contributed by atoms with Crippen LogP contribution in [0.25, 0.3) is 0 Å². The van der Waals surface area contributed by atoms with Crippen LogP contribution in [0.15, 0.2) is 42.6 Å². The lowest BCUT2D eigenvalue weighted by atomic mass is 10.1. The minimum atomic E-state index is -0.458. The maximum Gasteiger partial charge on any atom is 0.338 e. The van der Waals surface area contributed by atoms with Crippen LogP contribution < -0.4 is 10.6 Å². The molecule has 28 heavy (non-hydrogen) atoms. The van der Waals surface area contributed by atoms with E-state index in [1.165, 1.54) is 13.3 Å². The van der Waals surface area contributed by atoms with Gasteiger partial charge in [-0.1, -0.05) is 25.1 Å². The van der Waals surface area contributed by atoms with Gasteiger partial charge >= 0.3 is 5.97 Å². The fourth-order valence-electron chi connectivity index (χ4n) is 2.72. The molecule has 0 fully saturated rings. The van der Waals surface area contributed by atoms with Crippen molar-refractivity contribution < 1.29 is 14.3 Å². The zero-order chi connectivity index (χ0) is 20.1. The largest absolute Gasteiger partial charge is 0.465 e. The number of aromatic nitrogens is 2. The van der Waals surface area contributed by atoms with Gasteiger partial charge in [0.15, 0.2) is 0 Å². The highest BCUT2D eigenvalue weighted by Crippen LogP contribution is 2.29. The monoisotopic (exact) mass is 396 g/mol. The summed E-state index contributed by atoms with van der Waals surface area (Å²) in [6, 6.07) is 10.8. The van der Waals surface area contributed by atoms with Crippen molar-refractivity contribution in [3.05, 3.63) is 65.0 Å². The molecule has 3 rings (SSSR count). The summed E-state index contributed by atoms with van der Waals surface area (Å²) in [5.41, 5.74) is 3.25. The summed E-state index contributed by atoms with van der Waals surface area (Å²) in [7, 11) is 1.32. The minimum Gasteiger partial charge on any atom is -0.465 e. The average molecular weight is 396 g/mol. The molecule has 0 radical (unpaired) electrons. The quantitative estimate of drug-likeness (QED) is 0.607. The first-order chi connectivity index (χ1) is 13.5. The molecule has 8 heteroatoms. The second-order valence-electron chi connectivity index (χ2n) is 5.98. The van der Waals surface area contributed by atoms with Crippen molar-refractivity contribution in [2.45, 2.75) is 20.3 Å². The number of carbonyl (C=O) groups excluding carboxylic acids is 2. The predicted octanol–water partition coefficient (Wildman–Crippen LogP) is 4.19. The number of benzene rings is 1. The molecule has 1 amide bonds. The van der Waals surface area contributed by atoms with Gasteiger partial charge in [0.25, 0.3) is 5.91 Å². The van der Waals surface area contributed by atoms with E-state index in [1.54, 1.807) is 19.1 Å². The number of hydrogen-bond acceptors (Lipinski definition) is 7. The Hall–Kier alpha value is -3.26. The summed E-state index contributed by atoms with van der Waals surface area (Å²) >= 11 is 1.16. The Morgan fingerprint density at radius 3 is 2.75 bits per heavy atom. The van der Waals surface area contributed by atoms with Crippen LogP contribution in [0.3, 0.4) is 0 Å². The Labute approximate surface area is 166 Å². The van der Waals surface area contributed by atoms with Crippen LogP contribution in [-0.2, 0) is 11.2 Å². The molecule has 0 spiro atoms. The number of amides is 1. The van der Waals surface area contributed by atoms with Gasteiger partial charge in [0.1, 0.15) is 10.8 Å². The number of ether oxygens (including phenoxy) is 1. The highest BCUT2D eigenvalue weighted by atomic mass is 32.1. The zero-order valence-corrected chi connectivity index (χ0v) is 16.6. The van der Waals surface area contributed by atoms with Crippen LogP contribution in [0.2, 0.25) is 0 Å². The van der Waals surface area contributed by atoms with E-state index in [1.807, 2.05) is 31.2 Å². The summed E-state index contributed by atoms with van der Waals surface area (Å²) in [5.74, 6) is -0.284. The lowest BCUT2D eigenvalue weighted by molar-refractivity contribution is 0.0600. The van der Waals surface area contributed by atoms with E-state index in [2.05, 4.69) is 20.0 Å². The topological polar surface area (TPSA) is 93.2 Å². The number of nitrogens with zero attached hydrogens (tertiary/aromatic N) is 2. The first-order valence-electron chi connectivity index (χ1n) is 8.70. The third-order valence-corrected chi connectivity index (χ3v) is 5.01. The third-order valence-electron chi connectivity index (χ3n) is 4.16. The van der Waals surface area contributed by atoms with Crippen LogP contribution >= 0.6 is 11.5 Å². The molecule has 2 aromatic heterocycles. The second-order valence-corrected chi connectivity index (χ2v) is 6.76. The lowest BCUT2D eigenvalue weighted by Gasteiger charge is -2.11. The number of carbonyl (C=O) groups is 2. The number of rotatable bonds is 6. The fourth-order valence-corrected chi connectivity index (χ4v) is 3.52. The third kappa shape index (κ3) is 4.17. The van der Waals surface area contributed by atoms with Crippen molar-refractivity contribution in [1.82, 2.24) is 9.36 Å². The number of para-hydroxylation sites is 1. The van der Waals surface area contributed by atoms with Crippen molar-refractivity contribution in [1.29, 1.82) is 0 Å². The number of methoxy groups -OCH3 is 1. The first kappa shape index (κ1) is 19.5.